The van der Waals surface area contributed by atoms with Crippen LogP contribution in [0.15, 0.2) is 12.1 Å². The molecule has 1 rings (SSSR count). The first-order chi connectivity index (χ1) is 9.65. The Morgan fingerprint density at radius 1 is 1.24 bits per heavy atom. The molecule has 0 aromatic carbocycles. The Morgan fingerprint density at radius 3 is 2.33 bits per heavy atom. The van der Waals surface area contributed by atoms with Crippen LogP contribution in [0, 0.1) is 11.3 Å². The highest BCUT2D eigenvalue weighted by molar-refractivity contribution is 5.95. The van der Waals surface area contributed by atoms with Crippen molar-refractivity contribution in [3.8, 4) is 0 Å². The maximum absolute atomic E-state index is 12.4. The Hall–Kier alpha value is -1.58. The number of rotatable bonds is 5. The molecule has 4 nitrogen and oxygen atoms in total. The second kappa shape index (κ2) is 6.92. The van der Waals surface area contributed by atoms with E-state index in [0.29, 0.717) is 23.9 Å². The summed E-state index contributed by atoms with van der Waals surface area (Å²) in [5, 5.41) is 6.04. The van der Waals surface area contributed by atoms with Crippen LogP contribution in [0.4, 0.5) is 5.82 Å². The maximum atomic E-state index is 12.4. The van der Waals surface area contributed by atoms with Crippen LogP contribution in [0.3, 0.4) is 0 Å². The predicted molar refractivity (Wildman–Crippen MR) is 88.8 cm³/mol. The summed E-state index contributed by atoms with van der Waals surface area (Å²) in [5.74, 6) is 1.40. The van der Waals surface area contributed by atoms with Gasteiger partial charge in [-0.3, -0.25) is 4.79 Å². The minimum absolute atomic E-state index is 0.0353. The highest BCUT2D eigenvalue weighted by atomic mass is 16.1. The Balaban J connectivity index is 2.85. The monoisotopic (exact) mass is 291 g/mol. The number of carbonyl (C=O) groups excluding carboxylic acids is 1. The van der Waals surface area contributed by atoms with E-state index >= 15 is 0 Å². The third kappa shape index (κ3) is 5.03. The number of hydrogen-bond acceptors (Lipinski definition) is 3. The zero-order valence-corrected chi connectivity index (χ0v) is 14.4. The second-order valence-corrected chi connectivity index (χ2v) is 7.05. The first-order valence-electron chi connectivity index (χ1n) is 7.63. The summed E-state index contributed by atoms with van der Waals surface area (Å²) < 4.78 is 0. The number of anilines is 1. The molecule has 1 heterocycles. The highest BCUT2D eigenvalue weighted by Gasteiger charge is 2.21. The van der Waals surface area contributed by atoms with E-state index in [0.717, 1.165) is 11.5 Å². The maximum Gasteiger partial charge on any atom is 0.251 e. The van der Waals surface area contributed by atoms with E-state index in [1.54, 1.807) is 6.07 Å². The fourth-order valence-corrected chi connectivity index (χ4v) is 1.76. The molecular formula is C17H29N3O. The van der Waals surface area contributed by atoms with E-state index in [1.807, 2.05) is 13.1 Å². The van der Waals surface area contributed by atoms with Crippen LogP contribution >= 0.6 is 0 Å². The molecule has 0 saturated heterocycles. The van der Waals surface area contributed by atoms with Gasteiger partial charge in [0.2, 0.25) is 0 Å². The summed E-state index contributed by atoms with van der Waals surface area (Å²) in [4.78, 5) is 16.8. The van der Waals surface area contributed by atoms with Crippen molar-refractivity contribution in [2.45, 2.75) is 47.5 Å². The molecule has 0 spiro atoms. The van der Waals surface area contributed by atoms with E-state index in [4.69, 9.17) is 0 Å². The van der Waals surface area contributed by atoms with Gasteiger partial charge in [-0.1, -0.05) is 41.5 Å². The summed E-state index contributed by atoms with van der Waals surface area (Å²) in [5.41, 5.74) is 1.78. The van der Waals surface area contributed by atoms with Crippen LogP contribution in [-0.4, -0.2) is 24.5 Å². The molecule has 0 aliphatic carbocycles. The fraction of sp³-hybridized carbons (Fsp3) is 0.647. The zero-order chi connectivity index (χ0) is 16.2. The van der Waals surface area contributed by atoms with Crippen LogP contribution in [0.25, 0.3) is 0 Å². The Bertz CT molecular complexity index is 489. The van der Waals surface area contributed by atoms with Crippen molar-refractivity contribution in [3.05, 3.63) is 23.4 Å². The van der Waals surface area contributed by atoms with Gasteiger partial charge in [0.15, 0.2) is 0 Å². The Labute approximate surface area is 128 Å². The van der Waals surface area contributed by atoms with Gasteiger partial charge in [-0.05, 0) is 29.4 Å². The number of nitrogens with zero attached hydrogens (tertiary/aromatic N) is 1. The van der Waals surface area contributed by atoms with Gasteiger partial charge in [0.05, 0.1) is 0 Å². The average Bonchev–Trinajstić information content (AvgIpc) is 2.42. The third-order valence-corrected chi connectivity index (χ3v) is 4.00. The van der Waals surface area contributed by atoms with Crippen molar-refractivity contribution in [3.63, 3.8) is 0 Å². The van der Waals surface area contributed by atoms with E-state index in [2.05, 4.69) is 57.2 Å². The minimum atomic E-state index is -0.0353. The first kappa shape index (κ1) is 17.5. The number of nitrogens with one attached hydrogen (secondary N) is 2. The lowest BCUT2D eigenvalue weighted by molar-refractivity contribution is 0.0937. The van der Waals surface area contributed by atoms with Gasteiger partial charge >= 0.3 is 0 Å². The summed E-state index contributed by atoms with van der Waals surface area (Å²) in [6.07, 6.45) is 0. The van der Waals surface area contributed by atoms with Gasteiger partial charge in [0, 0.05) is 24.8 Å². The Kier molecular flexibility index (Phi) is 5.76. The van der Waals surface area contributed by atoms with Crippen LogP contribution < -0.4 is 10.6 Å². The topological polar surface area (TPSA) is 54.0 Å². The largest absolute Gasteiger partial charge is 0.373 e. The lowest BCUT2D eigenvalue weighted by Crippen LogP contribution is -2.33. The second-order valence-electron chi connectivity index (χ2n) is 7.05. The molecule has 0 bridgehead atoms. The molecule has 0 radical (unpaired) electrons. The molecule has 118 valence electrons. The molecule has 1 atom stereocenters. The smallest absolute Gasteiger partial charge is 0.251 e. The van der Waals surface area contributed by atoms with Crippen LogP contribution in [0.2, 0.25) is 0 Å². The lowest BCUT2D eigenvalue weighted by atomic mass is 9.82. The average molecular weight is 291 g/mol. The Morgan fingerprint density at radius 2 is 1.86 bits per heavy atom. The zero-order valence-electron chi connectivity index (χ0n) is 14.4. The molecule has 2 N–H and O–H groups in total. The van der Waals surface area contributed by atoms with E-state index in [-0.39, 0.29) is 11.3 Å². The SMILES string of the molecule is CNc1cc(C(=O)NCC(C)C(C)(C)C)cc(C(C)C)n1. The normalized spacial score (nSPS) is 13.1. The predicted octanol–water partition coefficient (Wildman–Crippen LogP) is 3.66. The van der Waals surface area contributed by atoms with Gasteiger partial charge in [-0.25, -0.2) is 4.98 Å². The number of amides is 1. The molecular weight excluding hydrogens is 262 g/mol. The summed E-state index contributed by atoms with van der Waals surface area (Å²) in [6.45, 7) is 13.5. The van der Waals surface area contributed by atoms with E-state index in [1.165, 1.54) is 0 Å². The number of hydrogen-bond donors (Lipinski definition) is 2. The molecule has 1 aromatic heterocycles. The van der Waals surface area contributed by atoms with Gasteiger partial charge in [-0.15, -0.1) is 0 Å². The quantitative estimate of drug-likeness (QED) is 0.870. The molecule has 0 aliphatic rings. The van der Waals surface area contributed by atoms with Gasteiger partial charge < -0.3 is 10.6 Å². The van der Waals surface area contributed by atoms with Crippen LogP contribution in [0.5, 0.6) is 0 Å². The van der Waals surface area contributed by atoms with Crippen LogP contribution in [0.1, 0.15) is 63.5 Å². The highest BCUT2D eigenvalue weighted by Crippen LogP contribution is 2.24. The number of carbonyl (C=O) groups is 1. The summed E-state index contributed by atoms with van der Waals surface area (Å²) in [7, 11) is 1.82. The molecule has 0 aliphatic heterocycles. The fourth-order valence-electron chi connectivity index (χ4n) is 1.76. The third-order valence-electron chi connectivity index (χ3n) is 4.00. The molecule has 0 saturated carbocycles. The molecule has 1 unspecified atom stereocenters. The van der Waals surface area contributed by atoms with Crippen molar-refractivity contribution in [1.29, 1.82) is 0 Å². The summed E-state index contributed by atoms with van der Waals surface area (Å²) in [6, 6.07) is 3.67. The number of aromatic nitrogens is 1. The standard InChI is InChI=1S/C17H29N3O/c1-11(2)14-8-13(9-15(18-7)20-14)16(21)19-10-12(3)17(4,5)6/h8-9,11-12H,10H2,1-7H3,(H,18,20)(H,19,21). The lowest BCUT2D eigenvalue weighted by Gasteiger charge is -2.27. The molecule has 21 heavy (non-hydrogen) atoms. The van der Waals surface area contributed by atoms with Gasteiger partial charge in [-0.2, -0.15) is 0 Å². The van der Waals surface area contributed by atoms with Crippen LogP contribution in [-0.2, 0) is 0 Å². The summed E-state index contributed by atoms with van der Waals surface area (Å²) >= 11 is 0. The molecule has 1 aromatic rings. The van der Waals surface area contributed by atoms with E-state index < -0.39 is 0 Å². The van der Waals surface area contributed by atoms with Crippen molar-refractivity contribution in [1.82, 2.24) is 10.3 Å². The molecule has 1 amide bonds. The van der Waals surface area contributed by atoms with E-state index in [9.17, 15) is 4.79 Å². The molecule has 0 fully saturated rings. The van der Waals surface area contributed by atoms with Crippen molar-refractivity contribution >= 4 is 11.7 Å². The van der Waals surface area contributed by atoms with Gasteiger partial charge in [0.25, 0.3) is 5.91 Å². The first-order valence-corrected chi connectivity index (χ1v) is 7.63. The minimum Gasteiger partial charge on any atom is -0.373 e. The number of pyridine rings is 1. The molecule has 4 heteroatoms. The van der Waals surface area contributed by atoms with Crippen molar-refractivity contribution in [2.24, 2.45) is 11.3 Å². The van der Waals surface area contributed by atoms with Crippen molar-refractivity contribution in [2.75, 3.05) is 18.9 Å². The van der Waals surface area contributed by atoms with Crippen molar-refractivity contribution < 1.29 is 4.79 Å². The van der Waals surface area contributed by atoms with Gasteiger partial charge in [0.1, 0.15) is 5.82 Å².